The Balaban J connectivity index is 0.00000392. The molecule has 0 spiro atoms. The standard InChI is InChI=1S/C19H28N6OS.HI/c1-15(16-7-5-8-17(13-16)25-11-6-9-22-25)23-19(20-10-12-27-4)21-14-18(26)24(2)3;/h5-9,11,13,15H,10,12,14H2,1-4H3,(H2,20,21,23);1H. The first kappa shape index (κ1) is 24.3. The van der Waals surface area contributed by atoms with E-state index in [9.17, 15) is 4.79 Å². The highest BCUT2D eigenvalue weighted by Gasteiger charge is 2.10. The predicted octanol–water partition coefficient (Wildman–Crippen LogP) is 2.54. The molecule has 1 unspecified atom stereocenters. The Morgan fingerprint density at radius 3 is 2.79 bits per heavy atom. The van der Waals surface area contributed by atoms with E-state index in [0.29, 0.717) is 5.96 Å². The van der Waals surface area contributed by atoms with Gasteiger partial charge in [0.25, 0.3) is 0 Å². The third-order valence-corrected chi connectivity index (χ3v) is 4.57. The lowest BCUT2D eigenvalue weighted by Gasteiger charge is -2.19. The number of guanidine groups is 1. The number of hydrogen-bond acceptors (Lipinski definition) is 4. The molecule has 0 bridgehead atoms. The van der Waals surface area contributed by atoms with Crippen LogP contribution in [-0.2, 0) is 4.79 Å². The van der Waals surface area contributed by atoms with Crippen LogP contribution < -0.4 is 10.6 Å². The van der Waals surface area contributed by atoms with Gasteiger partial charge >= 0.3 is 0 Å². The van der Waals surface area contributed by atoms with Crippen LogP contribution in [0.2, 0.25) is 0 Å². The number of nitrogens with zero attached hydrogens (tertiary/aromatic N) is 4. The number of benzene rings is 1. The van der Waals surface area contributed by atoms with Gasteiger partial charge in [-0.2, -0.15) is 16.9 Å². The summed E-state index contributed by atoms with van der Waals surface area (Å²) < 4.78 is 1.83. The summed E-state index contributed by atoms with van der Waals surface area (Å²) in [4.78, 5) is 17.8. The number of aromatic nitrogens is 2. The van der Waals surface area contributed by atoms with E-state index in [-0.39, 0.29) is 42.5 Å². The molecular formula is C19H29IN6OS. The normalized spacial score (nSPS) is 12.1. The largest absolute Gasteiger partial charge is 0.356 e. The molecule has 154 valence electrons. The smallest absolute Gasteiger partial charge is 0.243 e. The molecule has 2 rings (SSSR count). The van der Waals surface area contributed by atoms with Crippen LogP contribution in [0.1, 0.15) is 18.5 Å². The fourth-order valence-corrected chi connectivity index (χ4v) is 2.66. The summed E-state index contributed by atoms with van der Waals surface area (Å²) in [6, 6.07) is 10.1. The van der Waals surface area contributed by atoms with Gasteiger partial charge in [0.2, 0.25) is 5.91 Å². The van der Waals surface area contributed by atoms with E-state index < -0.39 is 0 Å². The van der Waals surface area contributed by atoms with E-state index in [0.717, 1.165) is 23.5 Å². The van der Waals surface area contributed by atoms with Gasteiger partial charge in [-0.1, -0.05) is 12.1 Å². The van der Waals surface area contributed by atoms with Gasteiger partial charge in [-0.15, -0.1) is 24.0 Å². The van der Waals surface area contributed by atoms with Crippen molar-refractivity contribution < 1.29 is 4.79 Å². The Morgan fingerprint density at radius 1 is 1.36 bits per heavy atom. The van der Waals surface area contributed by atoms with E-state index in [2.05, 4.69) is 46.0 Å². The number of rotatable bonds is 8. The minimum atomic E-state index is -0.0331. The van der Waals surface area contributed by atoms with Crippen molar-refractivity contribution in [2.75, 3.05) is 39.2 Å². The zero-order chi connectivity index (χ0) is 19.6. The molecule has 2 N–H and O–H groups in total. The molecule has 1 aromatic carbocycles. The van der Waals surface area contributed by atoms with Gasteiger partial charge in [-0.3, -0.25) is 4.79 Å². The summed E-state index contributed by atoms with van der Waals surface area (Å²) in [6.07, 6.45) is 5.74. The number of likely N-dealkylation sites (N-methyl/N-ethyl adjacent to an activating group) is 1. The lowest BCUT2D eigenvalue weighted by molar-refractivity contribution is -0.127. The van der Waals surface area contributed by atoms with Crippen LogP contribution in [0.4, 0.5) is 0 Å². The molecule has 0 aliphatic rings. The van der Waals surface area contributed by atoms with Crippen molar-refractivity contribution in [3.05, 3.63) is 48.3 Å². The van der Waals surface area contributed by atoms with Gasteiger partial charge in [0.05, 0.1) is 11.7 Å². The van der Waals surface area contributed by atoms with Crippen LogP contribution in [0.3, 0.4) is 0 Å². The third kappa shape index (κ3) is 7.70. The van der Waals surface area contributed by atoms with Crippen LogP contribution in [0, 0.1) is 0 Å². The average molecular weight is 516 g/mol. The maximum absolute atomic E-state index is 11.9. The lowest BCUT2D eigenvalue weighted by Crippen LogP contribution is -2.40. The molecule has 28 heavy (non-hydrogen) atoms. The van der Waals surface area contributed by atoms with Crippen LogP contribution in [-0.4, -0.2) is 65.7 Å². The van der Waals surface area contributed by atoms with Crippen molar-refractivity contribution >= 4 is 47.6 Å². The fraction of sp³-hybridized carbons (Fsp3) is 0.421. The van der Waals surface area contributed by atoms with Crippen LogP contribution >= 0.6 is 35.7 Å². The molecule has 9 heteroatoms. The van der Waals surface area contributed by atoms with Gasteiger partial charge in [0, 0.05) is 38.8 Å². The van der Waals surface area contributed by atoms with Crippen LogP contribution in [0.25, 0.3) is 5.69 Å². The van der Waals surface area contributed by atoms with Crippen LogP contribution in [0.15, 0.2) is 47.7 Å². The molecule has 0 saturated heterocycles. The molecule has 1 aromatic heterocycles. The SMILES string of the molecule is CSCCNC(=NCC(=O)N(C)C)NC(C)c1cccc(-n2cccn2)c1.I. The Kier molecular flexibility index (Phi) is 11.0. The summed E-state index contributed by atoms with van der Waals surface area (Å²) in [5.41, 5.74) is 2.11. The van der Waals surface area contributed by atoms with E-state index >= 15 is 0 Å². The molecule has 1 heterocycles. The Hall–Kier alpha value is -1.75. The van der Waals surface area contributed by atoms with Gasteiger partial charge in [-0.05, 0) is 36.9 Å². The first-order valence-electron chi connectivity index (χ1n) is 8.85. The Morgan fingerprint density at radius 2 is 2.14 bits per heavy atom. The summed E-state index contributed by atoms with van der Waals surface area (Å²) in [6.45, 7) is 2.96. The first-order valence-corrected chi connectivity index (χ1v) is 10.2. The molecule has 2 aromatic rings. The second kappa shape index (κ2) is 12.7. The van der Waals surface area contributed by atoms with E-state index in [4.69, 9.17) is 0 Å². The van der Waals surface area contributed by atoms with Gasteiger partial charge in [-0.25, -0.2) is 9.67 Å². The molecule has 0 radical (unpaired) electrons. The quantitative estimate of drug-likeness (QED) is 0.244. The van der Waals surface area contributed by atoms with Crippen molar-refractivity contribution in [1.82, 2.24) is 25.3 Å². The number of nitrogens with one attached hydrogen (secondary N) is 2. The molecule has 0 aliphatic heterocycles. The molecule has 1 amide bonds. The zero-order valence-corrected chi connectivity index (χ0v) is 19.9. The molecule has 0 aliphatic carbocycles. The summed E-state index contributed by atoms with van der Waals surface area (Å²) in [5, 5.41) is 11.0. The highest BCUT2D eigenvalue weighted by atomic mass is 127. The monoisotopic (exact) mass is 516 g/mol. The van der Waals surface area contributed by atoms with Gasteiger partial charge in [0.1, 0.15) is 6.54 Å². The molecular weight excluding hydrogens is 487 g/mol. The highest BCUT2D eigenvalue weighted by Crippen LogP contribution is 2.16. The second-order valence-corrected chi connectivity index (χ2v) is 7.27. The third-order valence-electron chi connectivity index (χ3n) is 3.96. The minimum Gasteiger partial charge on any atom is -0.356 e. The topological polar surface area (TPSA) is 74.6 Å². The molecule has 0 saturated carbocycles. The van der Waals surface area contributed by atoms with Crippen molar-refractivity contribution in [2.45, 2.75) is 13.0 Å². The lowest BCUT2D eigenvalue weighted by atomic mass is 10.1. The number of carbonyl (C=O) groups is 1. The maximum Gasteiger partial charge on any atom is 0.243 e. The van der Waals surface area contributed by atoms with Crippen molar-refractivity contribution in [3.8, 4) is 5.69 Å². The molecule has 7 nitrogen and oxygen atoms in total. The summed E-state index contributed by atoms with van der Waals surface area (Å²) >= 11 is 1.76. The van der Waals surface area contributed by atoms with Crippen molar-refractivity contribution in [2.24, 2.45) is 4.99 Å². The van der Waals surface area contributed by atoms with Crippen molar-refractivity contribution in [3.63, 3.8) is 0 Å². The maximum atomic E-state index is 11.9. The molecule has 1 atom stereocenters. The average Bonchev–Trinajstić information content (AvgIpc) is 3.20. The second-order valence-electron chi connectivity index (χ2n) is 6.28. The predicted molar refractivity (Wildman–Crippen MR) is 128 cm³/mol. The first-order chi connectivity index (χ1) is 13.0. The van der Waals surface area contributed by atoms with Crippen LogP contribution in [0.5, 0.6) is 0 Å². The summed E-state index contributed by atoms with van der Waals surface area (Å²) in [7, 11) is 3.46. The minimum absolute atomic E-state index is 0. The highest BCUT2D eigenvalue weighted by molar-refractivity contribution is 14.0. The van der Waals surface area contributed by atoms with Gasteiger partial charge < -0.3 is 15.5 Å². The number of thioether (sulfide) groups is 1. The van der Waals surface area contributed by atoms with Crippen molar-refractivity contribution in [1.29, 1.82) is 0 Å². The number of amides is 1. The Labute approximate surface area is 188 Å². The number of hydrogen-bond donors (Lipinski definition) is 2. The van der Waals surface area contributed by atoms with E-state index in [1.54, 1.807) is 37.0 Å². The summed E-state index contributed by atoms with van der Waals surface area (Å²) in [5.74, 6) is 1.57. The number of halogens is 1. The number of carbonyl (C=O) groups excluding carboxylic acids is 1. The van der Waals surface area contributed by atoms with Gasteiger partial charge in [0.15, 0.2) is 5.96 Å². The van der Waals surface area contributed by atoms with E-state index in [1.165, 1.54) is 0 Å². The fourth-order valence-electron chi connectivity index (χ4n) is 2.36. The number of aliphatic imine (C=N–C) groups is 1. The molecule has 0 fully saturated rings. The zero-order valence-electron chi connectivity index (χ0n) is 16.8. The van der Waals surface area contributed by atoms with E-state index in [1.807, 2.05) is 29.1 Å². The Bertz CT molecular complexity index is 751.